The summed E-state index contributed by atoms with van der Waals surface area (Å²) in [7, 11) is -2.69. The van der Waals surface area contributed by atoms with Crippen LogP contribution in [0, 0.1) is 0 Å². The summed E-state index contributed by atoms with van der Waals surface area (Å²) >= 11 is 0. The van der Waals surface area contributed by atoms with Gasteiger partial charge in [0.25, 0.3) is 0 Å². The van der Waals surface area contributed by atoms with E-state index in [0.717, 1.165) is 22.6 Å². The van der Waals surface area contributed by atoms with E-state index in [9.17, 15) is 0 Å². The van der Waals surface area contributed by atoms with Crippen molar-refractivity contribution in [3.63, 3.8) is 0 Å². The Bertz CT molecular complexity index is 3980. The van der Waals surface area contributed by atoms with E-state index in [1.165, 1.54) is 93.1 Å². The second kappa shape index (κ2) is 17.4. The van der Waals surface area contributed by atoms with Crippen LogP contribution in [0.25, 0.3) is 33.4 Å². The molecule has 0 heterocycles. The standard InChI is InChI=1S/C74H51NSi/c1-5-25-54(26-6-1)75(55-27-23-24-53(50-55)52-44-47-60(48-45-52)76(57-28-7-2-8-29-57,58-30-9-3-10-31-58)59-32-11-4-12-33-59)56-46-49-71-72(51-56)74(67-40-19-15-36-63(67)64-37-16-20-41-68(64)74)70-43-22-21-42-69(70)73(71)65-38-17-13-34-61(65)62-35-14-18-39-66(62)73/h1-51H. The molecule has 0 atom stereocenters. The van der Waals surface area contributed by atoms with Crippen molar-refractivity contribution in [1.82, 2.24) is 0 Å². The number of anilines is 3. The highest BCUT2D eigenvalue weighted by Crippen LogP contribution is 2.67. The van der Waals surface area contributed by atoms with Crippen molar-refractivity contribution >= 4 is 45.9 Å². The summed E-state index contributed by atoms with van der Waals surface area (Å²) in [4.78, 5) is 2.47. The predicted molar refractivity (Wildman–Crippen MR) is 318 cm³/mol. The topological polar surface area (TPSA) is 3.24 Å². The van der Waals surface area contributed by atoms with Crippen LogP contribution in [-0.4, -0.2) is 8.07 Å². The number of nitrogens with zero attached hydrogens (tertiary/aromatic N) is 1. The first-order chi connectivity index (χ1) is 37.7. The molecule has 0 saturated heterocycles. The van der Waals surface area contributed by atoms with Gasteiger partial charge in [-0.25, -0.2) is 0 Å². The fourth-order valence-electron chi connectivity index (χ4n) is 14.2. The van der Waals surface area contributed by atoms with Crippen LogP contribution in [0.1, 0.15) is 44.5 Å². The Labute approximate surface area is 446 Å². The Balaban J connectivity index is 0.945. The molecule has 0 unspecified atom stereocenters. The molecule has 3 aliphatic rings. The average molecular weight is 982 g/mol. The molecule has 0 radical (unpaired) electrons. The van der Waals surface area contributed by atoms with E-state index in [-0.39, 0.29) is 0 Å². The lowest BCUT2D eigenvalue weighted by molar-refractivity contribution is 0.633. The van der Waals surface area contributed by atoms with Crippen LogP contribution in [0.4, 0.5) is 17.1 Å². The van der Waals surface area contributed by atoms with Gasteiger partial charge in [-0.1, -0.05) is 273 Å². The molecule has 0 bridgehead atoms. The van der Waals surface area contributed by atoms with Crippen molar-refractivity contribution in [3.05, 3.63) is 354 Å². The lowest BCUT2D eigenvalue weighted by Crippen LogP contribution is -2.74. The molecule has 12 aromatic rings. The third-order valence-electron chi connectivity index (χ3n) is 17.1. The Kier molecular flexibility index (Phi) is 10.1. The number of benzene rings is 12. The molecule has 0 N–H and O–H groups in total. The highest BCUT2D eigenvalue weighted by Gasteiger charge is 2.59. The zero-order chi connectivity index (χ0) is 50.3. The van der Waals surface area contributed by atoms with Gasteiger partial charge in [0.1, 0.15) is 0 Å². The highest BCUT2D eigenvalue weighted by molar-refractivity contribution is 7.19. The number of rotatable bonds is 8. The Morgan fingerprint density at radius 1 is 0.211 bits per heavy atom. The van der Waals surface area contributed by atoms with Gasteiger partial charge in [-0.15, -0.1) is 0 Å². The molecule has 0 fully saturated rings. The van der Waals surface area contributed by atoms with E-state index in [0.29, 0.717) is 0 Å². The monoisotopic (exact) mass is 981 g/mol. The zero-order valence-corrected chi connectivity index (χ0v) is 42.9. The molecule has 3 aliphatic carbocycles. The van der Waals surface area contributed by atoms with Gasteiger partial charge in [0.2, 0.25) is 0 Å². The summed E-state index contributed by atoms with van der Waals surface area (Å²) in [6.07, 6.45) is 0. The van der Waals surface area contributed by atoms with Crippen molar-refractivity contribution in [2.75, 3.05) is 4.90 Å². The van der Waals surface area contributed by atoms with Gasteiger partial charge in [0.05, 0.1) is 10.8 Å². The molecule has 2 heteroatoms. The molecule has 0 amide bonds. The first-order valence-corrected chi connectivity index (χ1v) is 28.6. The van der Waals surface area contributed by atoms with Crippen LogP contribution >= 0.6 is 0 Å². The molecule has 76 heavy (non-hydrogen) atoms. The number of para-hydroxylation sites is 1. The maximum absolute atomic E-state index is 2.69. The van der Waals surface area contributed by atoms with Gasteiger partial charge in [-0.2, -0.15) is 0 Å². The molecule has 12 aromatic carbocycles. The second-order valence-corrected chi connectivity index (χ2v) is 24.4. The molecule has 15 rings (SSSR count). The van der Waals surface area contributed by atoms with Crippen LogP contribution in [-0.2, 0) is 10.8 Å². The van der Waals surface area contributed by atoms with Crippen LogP contribution in [0.15, 0.2) is 309 Å². The maximum Gasteiger partial charge on any atom is 0.179 e. The number of fused-ring (bicyclic) bond motifs is 16. The fraction of sp³-hybridized carbons (Fsp3) is 0.0270. The SMILES string of the molecule is c1ccc(N(c2cccc(-c3ccc([Si](c4ccccc4)(c4ccccc4)c4ccccc4)cc3)c2)c2ccc3c(c2)C2(c4ccccc4-c4ccccc42)c2ccccc2C32c3ccccc3-c3ccccc32)cc1. The lowest BCUT2D eigenvalue weighted by atomic mass is 9.52. The minimum atomic E-state index is -2.69. The van der Waals surface area contributed by atoms with E-state index in [4.69, 9.17) is 0 Å². The predicted octanol–water partition coefficient (Wildman–Crippen LogP) is 15.2. The molecule has 0 saturated carbocycles. The quantitative estimate of drug-likeness (QED) is 0.108. The first kappa shape index (κ1) is 44.2. The van der Waals surface area contributed by atoms with E-state index in [1.807, 2.05) is 0 Å². The largest absolute Gasteiger partial charge is 0.310 e. The Hall–Kier alpha value is -9.34. The molecule has 356 valence electrons. The maximum atomic E-state index is 2.56. The molecule has 2 spiro atoms. The zero-order valence-electron chi connectivity index (χ0n) is 41.9. The summed E-state index contributed by atoms with van der Waals surface area (Å²) in [6, 6.07) is 117. The Morgan fingerprint density at radius 2 is 0.553 bits per heavy atom. The van der Waals surface area contributed by atoms with Crippen LogP contribution in [0.2, 0.25) is 0 Å². The van der Waals surface area contributed by atoms with Crippen LogP contribution in [0.3, 0.4) is 0 Å². The summed E-state index contributed by atoms with van der Waals surface area (Å²) < 4.78 is 0. The molecular formula is C74H51NSi. The summed E-state index contributed by atoms with van der Waals surface area (Å²) in [5.41, 5.74) is 20.3. The van der Waals surface area contributed by atoms with Gasteiger partial charge in [0.15, 0.2) is 8.07 Å². The summed E-state index contributed by atoms with van der Waals surface area (Å²) in [5.74, 6) is 0. The van der Waals surface area contributed by atoms with E-state index in [2.05, 4.69) is 314 Å². The third-order valence-corrected chi connectivity index (χ3v) is 21.9. The van der Waals surface area contributed by atoms with E-state index in [1.54, 1.807) is 0 Å². The van der Waals surface area contributed by atoms with Crippen LogP contribution in [0.5, 0.6) is 0 Å². The van der Waals surface area contributed by atoms with Crippen molar-refractivity contribution < 1.29 is 0 Å². The molecule has 0 aromatic heterocycles. The minimum Gasteiger partial charge on any atom is -0.310 e. The normalized spacial score (nSPS) is 13.7. The van der Waals surface area contributed by atoms with Gasteiger partial charge >= 0.3 is 0 Å². The number of hydrogen-bond acceptors (Lipinski definition) is 1. The van der Waals surface area contributed by atoms with Gasteiger partial charge in [0, 0.05) is 17.1 Å². The third kappa shape index (κ3) is 6.13. The first-order valence-electron chi connectivity index (χ1n) is 26.6. The average Bonchev–Trinajstić information content (AvgIpc) is 4.11. The second-order valence-electron chi connectivity index (χ2n) is 20.6. The van der Waals surface area contributed by atoms with E-state index >= 15 is 0 Å². The smallest absolute Gasteiger partial charge is 0.179 e. The fourth-order valence-corrected chi connectivity index (χ4v) is 18.9. The van der Waals surface area contributed by atoms with E-state index < -0.39 is 18.9 Å². The van der Waals surface area contributed by atoms with Crippen molar-refractivity contribution in [2.45, 2.75) is 10.8 Å². The summed E-state index contributed by atoms with van der Waals surface area (Å²) in [5, 5.41) is 5.46. The summed E-state index contributed by atoms with van der Waals surface area (Å²) in [6.45, 7) is 0. The van der Waals surface area contributed by atoms with Gasteiger partial charge in [-0.05, 0) is 135 Å². The minimum absolute atomic E-state index is 0.555. The van der Waals surface area contributed by atoms with Crippen molar-refractivity contribution in [2.24, 2.45) is 0 Å². The number of hydrogen-bond donors (Lipinski definition) is 0. The molecule has 1 nitrogen and oxygen atoms in total. The van der Waals surface area contributed by atoms with Crippen LogP contribution < -0.4 is 25.6 Å². The van der Waals surface area contributed by atoms with Crippen molar-refractivity contribution in [1.29, 1.82) is 0 Å². The lowest BCUT2D eigenvalue weighted by Gasteiger charge is -2.49. The molecular weight excluding hydrogens is 931 g/mol. The highest BCUT2D eigenvalue weighted by atomic mass is 28.3. The molecule has 0 aliphatic heterocycles. The Morgan fingerprint density at radius 3 is 1.01 bits per heavy atom. The van der Waals surface area contributed by atoms with Gasteiger partial charge < -0.3 is 4.90 Å². The van der Waals surface area contributed by atoms with Gasteiger partial charge in [-0.3, -0.25) is 0 Å². The van der Waals surface area contributed by atoms with Crippen molar-refractivity contribution in [3.8, 4) is 33.4 Å².